The first-order valence-electron chi connectivity index (χ1n) is 5.59. The zero-order chi connectivity index (χ0) is 24.1. The molecule has 0 aromatic rings. The van der Waals surface area contributed by atoms with E-state index in [0.29, 0.717) is 0 Å². The molecule has 21 heteroatoms. The molecule has 0 N–H and O–H groups in total. The zero-order valence-electron chi connectivity index (χ0n) is 12.1. The third kappa shape index (κ3) is 4.72. The van der Waals surface area contributed by atoms with Crippen LogP contribution in [0.3, 0.4) is 0 Å². The second-order valence-electron chi connectivity index (χ2n) is 4.39. The molecule has 0 aliphatic rings. The Hall–Kier alpha value is -1.31. The summed E-state index contributed by atoms with van der Waals surface area (Å²) in [6.07, 6.45) is -26.9. The van der Waals surface area contributed by atoms with Crippen LogP contribution in [0.5, 0.6) is 0 Å². The minimum atomic E-state index is -7.82. The Morgan fingerprint density at radius 2 is 1.10 bits per heavy atom. The lowest BCUT2D eigenvalue weighted by Crippen LogP contribution is -2.66. The van der Waals surface area contributed by atoms with Crippen molar-refractivity contribution in [3.63, 3.8) is 0 Å². The number of halogens is 16. The lowest BCUT2D eigenvalue weighted by atomic mass is 10.2. The van der Waals surface area contributed by atoms with Crippen LogP contribution >= 0.6 is 10.7 Å². The fourth-order valence-electron chi connectivity index (χ4n) is 1.06. The van der Waals surface area contributed by atoms with Crippen molar-refractivity contribution in [1.82, 2.24) is 0 Å². The monoisotopic (exact) mass is 512 g/mol. The quantitative estimate of drug-likeness (QED) is 0.253. The van der Waals surface area contributed by atoms with E-state index in [0.717, 1.165) is 0 Å². The van der Waals surface area contributed by atoms with E-state index in [4.69, 9.17) is 0 Å². The van der Waals surface area contributed by atoms with E-state index in [9.17, 15) is 74.3 Å². The summed E-state index contributed by atoms with van der Waals surface area (Å²) in [5, 5.41) is -7.27. The normalized spacial score (nSPS) is 17.0. The van der Waals surface area contributed by atoms with Gasteiger partial charge in [0.05, 0.1) is 0 Å². The molecule has 0 saturated heterocycles. The van der Waals surface area contributed by atoms with E-state index >= 15 is 0 Å². The summed E-state index contributed by atoms with van der Waals surface area (Å²) in [6.45, 7) is 0. The molecule has 0 fully saturated rings. The summed E-state index contributed by atoms with van der Waals surface area (Å²) in [4.78, 5) is 0. The van der Waals surface area contributed by atoms with Crippen LogP contribution in [0, 0.1) is 0 Å². The van der Waals surface area contributed by atoms with Crippen molar-refractivity contribution in [2.45, 2.75) is 35.4 Å². The highest BCUT2D eigenvalue weighted by Gasteiger charge is 2.85. The van der Waals surface area contributed by atoms with Crippen molar-refractivity contribution >= 4 is 19.7 Å². The number of ether oxygens (including phenoxy) is 2. The van der Waals surface area contributed by atoms with Gasteiger partial charge in [0.1, 0.15) is 0 Å². The van der Waals surface area contributed by atoms with Crippen molar-refractivity contribution in [2.24, 2.45) is 0 Å². The van der Waals surface area contributed by atoms with Gasteiger partial charge in [0.15, 0.2) is 0 Å². The third-order valence-electron chi connectivity index (χ3n) is 2.41. The van der Waals surface area contributed by atoms with E-state index in [1.807, 2.05) is 0 Å². The molecule has 0 bridgehead atoms. The number of rotatable bonds is 8. The average molecular weight is 513 g/mol. The van der Waals surface area contributed by atoms with Crippen LogP contribution in [-0.4, -0.2) is 43.8 Å². The summed E-state index contributed by atoms with van der Waals surface area (Å²) in [5.41, 5.74) is 0. The van der Waals surface area contributed by atoms with Crippen LogP contribution in [0.15, 0.2) is 12.1 Å². The van der Waals surface area contributed by atoms with Crippen LogP contribution in [0.4, 0.5) is 65.9 Å². The third-order valence-corrected chi connectivity index (χ3v) is 3.86. The van der Waals surface area contributed by atoms with Crippen molar-refractivity contribution in [3.05, 3.63) is 12.1 Å². The molecule has 0 aliphatic heterocycles. The van der Waals surface area contributed by atoms with E-state index in [1.54, 1.807) is 4.74 Å². The molecule has 1 unspecified atom stereocenters. The van der Waals surface area contributed by atoms with Gasteiger partial charge in [0.25, 0.3) is 0 Å². The van der Waals surface area contributed by atoms with E-state index in [-0.39, 0.29) is 0 Å². The molecule has 0 aromatic carbocycles. The van der Waals surface area contributed by atoms with Crippen molar-refractivity contribution < 1.29 is 83.7 Å². The van der Waals surface area contributed by atoms with Gasteiger partial charge in [-0.05, 0) is 0 Å². The summed E-state index contributed by atoms with van der Waals surface area (Å²) in [6, 6.07) is -4.05. The smallest absolute Gasteiger partial charge is 0.398 e. The van der Waals surface area contributed by atoms with E-state index < -0.39 is 56.6 Å². The maximum Gasteiger partial charge on any atom is 0.471 e. The summed E-state index contributed by atoms with van der Waals surface area (Å²) in [7, 11) is -3.46. The van der Waals surface area contributed by atoms with Gasteiger partial charge in [-0.15, -0.1) is 0 Å². The minimum absolute atomic E-state index is 1.39. The van der Waals surface area contributed by atoms with Gasteiger partial charge in [-0.3, -0.25) is 4.74 Å². The number of hydrogen-bond donors (Lipinski definition) is 0. The lowest BCUT2D eigenvalue weighted by Gasteiger charge is -2.38. The predicted molar refractivity (Wildman–Crippen MR) is 57.0 cm³/mol. The maximum absolute atomic E-state index is 13.5. The van der Waals surface area contributed by atoms with Gasteiger partial charge in [-0.2, -0.15) is 65.9 Å². The molecule has 0 radical (unpaired) electrons. The maximum atomic E-state index is 13.5. The SMILES string of the molecule is O=S(=O)(Cl)C(F)(F)C(F)(F)C(F)(F)OC(F)(C(F)(F)F)C(F)(F)OC(F)=C(F)F. The molecule has 0 saturated carbocycles. The van der Waals surface area contributed by atoms with Crippen LogP contribution in [0.25, 0.3) is 0 Å². The van der Waals surface area contributed by atoms with Crippen LogP contribution < -0.4 is 0 Å². The Morgan fingerprint density at radius 1 is 0.724 bits per heavy atom. The highest BCUT2D eigenvalue weighted by Crippen LogP contribution is 2.56. The van der Waals surface area contributed by atoms with Gasteiger partial charge in [-0.1, -0.05) is 0 Å². The standard InChI is InChI=1S/C8ClF15O4S/c9-29(25,26)8(23,24)3(13,14)6(19,20)28-4(15,5(16,17)18)7(21,22)27-2(12)1(10)11. The van der Waals surface area contributed by atoms with E-state index in [2.05, 4.69) is 10.7 Å². The van der Waals surface area contributed by atoms with Crippen molar-refractivity contribution in [3.8, 4) is 0 Å². The van der Waals surface area contributed by atoms with Gasteiger partial charge >= 0.3 is 56.6 Å². The van der Waals surface area contributed by atoms with Gasteiger partial charge in [0.2, 0.25) is 0 Å². The Balaban J connectivity index is 6.57. The second-order valence-corrected chi connectivity index (χ2v) is 7.00. The minimum Gasteiger partial charge on any atom is -0.398 e. The molecular weight excluding hydrogens is 513 g/mol. The summed E-state index contributed by atoms with van der Waals surface area (Å²) in [5.74, 6) is -15.5. The number of hydrogen-bond acceptors (Lipinski definition) is 4. The summed E-state index contributed by atoms with van der Waals surface area (Å²) < 4.78 is 214. The lowest BCUT2D eigenvalue weighted by molar-refractivity contribution is -0.523. The first kappa shape index (κ1) is 27.7. The zero-order valence-corrected chi connectivity index (χ0v) is 13.7. The Labute approximate surface area is 152 Å². The fourth-order valence-corrected chi connectivity index (χ4v) is 1.78. The molecule has 0 aliphatic carbocycles. The molecule has 29 heavy (non-hydrogen) atoms. The Kier molecular flexibility index (Phi) is 7.09. The van der Waals surface area contributed by atoms with Gasteiger partial charge in [0, 0.05) is 10.7 Å². The molecule has 4 nitrogen and oxygen atoms in total. The molecule has 0 heterocycles. The Morgan fingerprint density at radius 3 is 1.38 bits per heavy atom. The molecular formula is C8ClF15O4S. The van der Waals surface area contributed by atoms with E-state index in [1.165, 1.54) is 4.74 Å². The van der Waals surface area contributed by atoms with Crippen molar-refractivity contribution in [2.75, 3.05) is 0 Å². The fraction of sp³-hybridized carbons (Fsp3) is 0.750. The van der Waals surface area contributed by atoms with Crippen LogP contribution in [-0.2, 0) is 18.5 Å². The highest BCUT2D eigenvalue weighted by atomic mass is 35.7. The van der Waals surface area contributed by atoms with Gasteiger partial charge < -0.3 is 4.74 Å². The average Bonchev–Trinajstić information content (AvgIpc) is 2.42. The van der Waals surface area contributed by atoms with Gasteiger partial charge in [-0.25, -0.2) is 8.42 Å². The highest BCUT2D eigenvalue weighted by molar-refractivity contribution is 8.14. The van der Waals surface area contributed by atoms with Crippen molar-refractivity contribution in [1.29, 1.82) is 0 Å². The molecule has 0 rings (SSSR count). The molecule has 0 aromatic heterocycles. The first-order valence-corrected chi connectivity index (χ1v) is 7.90. The molecule has 0 spiro atoms. The largest absolute Gasteiger partial charge is 0.471 e. The molecule has 174 valence electrons. The Bertz CT molecular complexity index is 755. The second kappa shape index (κ2) is 7.43. The molecule has 1 atom stereocenters. The number of alkyl halides is 12. The predicted octanol–water partition coefficient (Wildman–Crippen LogP) is 5.27. The first-order chi connectivity index (χ1) is 12.3. The van der Waals surface area contributed by atoms with Crippen LogP contribution in [0.1, 0.15) is 0 Å². The van der Waals surface area contributed by atoms with Crippen LogP contribution in [0.2, 0.25) is 0 Å². The molecule has 0 amide bonds. The topological polar surface area (TPSA) is 52.6 Å². The summed E-state index contributed by atoms with van der Waals surface area (Å²) >= 11 is 0.